The topological polar surface area (TPSA) is 19.0 Å². The second kappa shape index (κ2) is 18.8. The van der Waals surface area contributed by atoms with Gasteiger partial charge < -0.3 is 19.1 Å². The molecule has 0 spiro atoms. The lowest BCUT2D eigenvalue weighted by Crippen LogP contribution is -2.49. The molecule has 5 heteroatoms. The molecule has 4 nitrogen and oxygen atoms in total. The van der Waals surface area contributed by atoms with Crippen molar-refractivity contribution in [3.8, 4) is 0 Å². The highest BCUT2D eigenvalue weighted by Crippen LogP contribution is 2.18. The predicted molar refractivity (Wildman–Crippen MR) is 133 cm³/mol. The Hall–Kier alpha value is 0.0569. The molecule has 0 heterocycles. The van der Waals surface area contributed by atoms with Crippen molar-refractivity contribution in [2.24, 2.45) is 0 Å². The molecule has 0 saturated carbocycles. The lowest BCUT2D eigenvalue weighted by atomic mass is 10.2. The van der Waals surface area contributed by atoms with E-state index in [2.05, 4.69) is 56.2 Å². The van der Waals surface area contributed by atoms with Crippen LogP contribution in [0.3, 0.4) is 0 Å². The van der Waals surface area contributed by atoms with Gasteiger partial charge in [0.1, 0.15) is 0 Å². The van der Waals surface area contributed by atoms with Crippen LogP contribution >= 0.6 is 0 Å². The zero-order valence-electron chi connectivity index (χ0n) is 21.3. The van der Waals surface area contributed by atoms with E-state index in [-0.39, 0.29) is 0 Å². The molecule has 0 saturated heterocycles. The monoisotopic (exact) mass is 429 g/mol. The van der Waals surface area contributed by atoms with E-state index in [1.165, 1.54) is 109 Å². The fraction of sp³-hybridized carbons (Fsp3) is 1.00. The van der Waals surface area contributed by atoms with Crippen LogP contribution < -0.4 is 0 Å². The molecule has 0 aliphatic carbocycles. The molecule has 0 aromatic carbocycles. The number of nitrogens with zero attached hydrogens (tertiary/aromatic N) is 3. The summed E-state index contributed by atoms with van der Waals surface area (Å²) in [5.41, 5.74) is 0. The molecule has 0 aliphatic rings. The van der Waals surface area contributed by atoms with E-state index >= 15 is 0 Å². The first kappa shape index (κ1) is 29.1. The number of hydrogen-bond acceptors (Lipinski definition) is 4. The Morgan fingerprint density at radius 1 is 0.517 bits per heavy atom. The number of rotatable bonds is 21. The summed E-state index contributed by atoms with van der Waals surface area (Å²) < 4.78 is 6.15. The summed E-state index contributed by atoms with van der Waals surface area (Å²) in [6.07, 6.45) is 8.84. The Morgan fingerprint density at radius 2 is 0.862 bits per heavy atom. The lowest BCUT2D eigenvalue weighted by molar-refractivity contribution is 0.214. The molecule has 176 valence electrons. The van der Waals surface area contributed by atoms with Gasteiger partial charge in [0, 0.05) is 13.3 Å². The summed E-state index contributed by atoms with van der Waals surface area (Å²) in [6.45, 7) is 23.8. The molecule has 0 atom stereocenters. The quantitative estimate of drug-likeness (QED) is 0.225. The van der Waals surface area contributed by atoms with Gasteiger partial charge in [-0.3, -0.25) is 0 Å². The maximum absolute atomic E-state index is 6.15. The molecule has 0 radical (unpaired) electrons. The smallest absolute Gasteiger partial charge is 0.205 e. The zero-order valence-corrected chi connectivity index (χ0v) is 22.3. The fourth-order valence-corrected chi connectivity index (χ4v) is 7.26. The second-order valence-electron chi connectivity index (χ2n) is 8.76. The van der Waals surface area contributed by atoms with E-state index in [1.807, 2.05) is 7.11 Å². The molecule has 0 unspecified atom stereocenters. The maximum atomic E-state index is 6.15. The first-order valence-electron chi connectivity index (χ1n) is 12.8. The molecule has 0 aromatic rings. The van der Waals surface area contributed by atoms with Crippen LogP contribution in [-0.4, -0.2) is 88.7 Å². The zero-order chi connectivity index (χ0) is 22.0. The van der Waals surface area contributed by atoms with Gasteiger partial charge in [-0.25, -0.2) is 0 Å². The van der Waals surface area contributed by atoms with Crippen LogP contribution in [-0.2, 0) is 4.43 Å². The highest BCUT2D eigenvalue weighted by atomic mass is 28.4. The Kier molecular flexibility index (Phi) is 18.8. The Bertz CT molecular complexity index is 311. The van der Waals surface area contributed by atoms with Crippen LogP contribution in [0.4, 0.5) is 0 Å². The third kappa shape index (κ3) is 13.2. The van der Waals surface area contributed by atoms with Crippen molar-refractivity contribution in [1.29, 1.82) is 0 Å². The first-order chi connectivity index (χ1) is 14.0. The molecule has 0 N–H and O–H groups in total. The van der Waals surface area contributed by atoms with Crippen LogP contribution in [0.1, 0.15) is 80.1 Å². The van der Waals surface area contributed by atoms with Crippen molar-refractivity contribution in [3.05, 3.63) is 0 Å². The van der Waals surface area contributed by atoms with Gasteiger partial charge in [0.05, 0.1) is 0 Å². The van der Waals surface area contributed by atoms with Crippen LogP contribution in [0.15, 0.2) is 0 Å². The van der Waals surface area contributed by atoms with Crippen molar-refractivity contribution in [1.82, 2.24) is 14.7 Å². The van der Waals surface area contributed by atoms with Gasteiger partial charge in [-0.05, 0) is 103 Å². The van der Waals surface area contributed by atoms with Gasteiger partial charge in [-0.1, -0.05) is 41.5 Å². The molecular weight excluding hydrogens is 374 g/mol. The van der Waals surface area contributed by atoms with Crippen molar-refractivity contribution >= 4 is 8.32 Å². The SMILES string of the molecule is CCCN(CCC)CCCN(CCCN(CCC)CCC)C[Si](CC)(CC)OC. The average Bonchev–Trinajstić information content (AvgIpc) is 2.72. The predicted octanol–water partition coefficient (Wildman–Crippen LogP) is 5.48. The van der Waals surface area contributed by atoms with Crippen molar-refractivity contribution < 1.29 is 4.43 Å². The van der Waals surface area contributed by atoms with Crippen molar-refractivity contribution in [3.63, 3.8) is 0 Å². The molecule has 0 bridgehead atoms. The van der Waals surface area contributed by atoms with Gasteiger partial charge >= 0.3 is 0 Å². The molecule has 0 aliphatic heterocycles. The maximum Gasteiger partial charge on any atom is 0.205 e. The molecule has 29 heavy (non-hydrogen) atoms. The van der Waals surface area contributed by atoms with Crippen LogP contribution in [0, 0.1) is 0 Å². The lowest BCUT2D eigenvalue weighted by Gasteiger charge is -2.35. The summed E-state index contributed by atoms with van der Waals surface area (Å²) in [5.74, 6) is 0. The summed E-state index contributed by atoms with van der Waals surface area (Å²) in [7, 11) is 0.367. The largest absolute Gasteiger partial charge is 0.419 e. The highest BCUT2D eigenvalue weighted by Gasteiger charge is 2.32. The average molecular weight is 430 g/mol. The van der Waals surface area contributed by atoms with E-state index in [0.29, 0.717) is 0 Å². The van der Waals surface area contributed by atoms with Crippen molar-refractivity contribution in [2.45, 2.75) is 92.2 Å². The molecule has 0 fully saturated rings. The van der Waals surface area contributed by atoms with E-state index in [0.717, 1.165) is 0 Å². The number of hydrogen-bond donors (Lipinski definition) is 0. The Morgan fingerprint density at radius 3 is 1.14 bits per heavy atom. The minimum atomic E-state index is -1.60. The van der Waals surface area contributed by atoms with E-state index in [1.54, 1.807) is 0 Å². The summed E-state index contributed by atoms with van der Waals surface area (Å²) in [4.78, 5) is 8.07. The van der Waals surface area contributed by atoms with E-state index in [4.69, 9.17) is 4.43 Å². The minimum Gasteiger partial charge on any atom is -0.419 e. The Labute approximate surface area is 185 Å². The molecule has 0 rings (SSSR count). The van der Waals surface area contributed by atoms with Gasteiger partial charge in [0.15, 0.2) is 0 Å². The Balaban J connectivity index is 4.78. The highest BCUT2D eigenvalue weighted by molar-refractivity contribution is 6.73. The van der Waals surface area contributed by atoms with Crippen LogP contribution in [0.25, 0.3) is 0 Å². The third-order valence-corrected chi connectivity index (χ3v) is 10.8. The molecule has 0 aromatic heterocycles. The standard InChI is InChI=1S/C24H55N3OSi/c1-8-16-25(17-9-2)20-14-22-27(24-29(12-5,13-6)28-7)23-15-21-26(18-10-3)19-11-4/h8-24H2,1-7H3. The van der Waals surface area contributed by atoms with E-state index < -0.39 is 8.32 Å². The van der Waals surface area contributed by atoms with Gasteiger partial charge in [0.2, 0.25) is 8.32 Å². The fourth-order valence-electron chi connectivity index (χ4n) is 4.48. The minimum absolute atomic E-state index is 1.21. The van der Waals surface area contributed by atoms with Gasteiger partial charge in [-0.2, -0.15) is 0 Å². The van der Waals surface area contributed by atoms with Crippen LogP contribution in [0.5, 0.6) is 0 Å². The second-order valence-corrected chi connectivity index (χ2v) is 13.3. The summed E-state index contributed by atoms with van der Waals surface area (Å²) in [6, 6.07) is 2.46. The van der Waals surface area contributed by atoms with Gasteiger partial charge in [0.25, 0.3) is 0 Å². The summed E-state index contributed by atoms with van der Waals surface area (Å²) >= 11 is 0. The summed E-state index contributed by atoms with van der Waals surface area (Å²) in [5, 5.41) is 0. The normalized spacial score (nSPS) is 12.6. The third-order valence-electron chi connectivity index (χ3n) is 6.29. The first-order valence-corrected chi connectivity index (χ1v) is 15.3. The molecule has 0 amide bonds. The van der Waals surface area contributed by atoms with Crippen LogP contribution in [0.2, 0.25) is 12.1 Å². The van der Waals surface area contributed by atoms with E-state index in [9.17, 15) is 0 Å². The molecular formula is C24H55N3OSi. The van der Waals surface area contributed by atoms with Gasteiger partial charge in [-0.15, -0.1) is 0 Å². The van der Waals surface area contributed by atoms with Crippen molar-refractivity contribution in [2.75, 3.05) is 65.6 Å².